The van der Waals surface area contributed by atoms with Crippen molar-refractivity contribution in [2.24, 2.45) is 5.73 Å². The Labute approximate surface area is 154 Å². The van der Waals surface area contributed by atoms with Crippen LogP contribution < -0.4 is 11.1 Å². The van der Waals surface area contributed by atoms with Crippen molar-refractivity contribution in [3.8, 4) is 0 Å². The van der Waals surface area contributed by atoms with E-state index in [4.69, 9.17) is 17.3 Å². The van der Waals surface area contributed by atoms with E-state index in [1.165, 1.54) is 11.8 Å². The highest BCUT2D eigenvalue weighted by atomic mass is 35.5. The van der Waals surface area contributed by atoms with E-state index in [1.54, 1.807) is 22.8 Å². The van der Waals surface area contributed by atoms with Crippen molar-refractivity contribution < 1.29 is 9.59 Å². The molecule has 0 aliphatic rings. The van der Waals surface area contributed by atoms with Gasteiger partial charge < -0.3 is 15.6 Å². The minimum absolute atomic E-state index is 0.0312. The molecule has 3 N–H and O–H groups in total. The molecule has 25 heavy (non-hydrogen) atoms. The summed E-state index contributed by atoms with van der Waals surface area (Å²) in [4.78, 5) is 23.2. The highest BCUT2D eigenvalue weighted by Crippen LogP contribution is 2.21. The van der Waals surface area contributed by atoms with Crippen LogP contribution in [-0.2, 0) is 22.6 Å². The van der Waals surface area contributed by atoms with Gasteiger partial charge in [0.25, 0.3) is 0 Å². The summed E-state index contributed by atoms with van der Waals surface area (Å²) in [5, 5.41) is 11.9. The molecule has 0 bridgehead atoms. The summed E-state index contributed by atoms with van der Waals surface area (Å²) in [5.74, 6) is -0.135. The number of rotatable bonds is 8. The van der Waals surface area contributed by atoms with Crippen LogP contribution in [-0.4, -0.2) is 32.3 Å². The molecule has 0 fully saturated rings. The minimum atomic E-state index is -0.450. The third kappa shape index (κ3) is 5.33. The molecule has 0 unspecified atom stereocenters. The van der Waals surface area contributed by atoms with Crippen molar-refractivity contribution in [3.63, 3.8) is 0 Å². The SMILES string of the molecule is C=CCn1c(CC(=O)Nc2ccc(C)c(Cl)c2)nnc1SCC(N)=O. The van der Waals surface area contributed by atoms with Crippen LogP contribution in [0.25, 0.3) is 0 Å². The maximum absolute atomic E-state index is 12.3. The summed E-state index contributed by atoms with van der Waals surface area (Å²) >= 11 is 7.23. The number of anilines is 1. The number of allylic oxidation sites excluding steroid dienone is 1. The first kappa shape index (κ1) is 19.0. The number of halogens is 1. The standard InChI is InChI=1S/C16H18ClN5O2S/c1-3-6-22-14(20-21-16(22)25-9-13(18)23)8-15(24)19-11-5-4-10(2)12(17)7-11/h3-5,7H,1,6,8-9H2,2H3,(H2,18,23)(H,19,24). The van der Waals surface area contributed by atoms with Crippen molar-refractivity contribution in [2.45, 2.75) is 25.0 Å². The Bertz CT molecular complexity index is 806. The Morgan fingerprint density at radius 2 is 2.20 bits per heavy atom. The van der Waals surface area contributed by atoms with Gasteiger partial charge >= 0.3 is 0 Å². The van der Waals surface area contributed by atoms with Crippen LogP contribution in [0.3, 0.4) is 0 Å². The van der Waals surface area contributed by atoms with E-state index >= 15 is 0 Å². The Hall–Kier alpha value is -2.32. The minimum Gasteiger partial charge on any atom is -0.369 e. The first-order chi connectivity index (χ1) is 11.9. The lowest BCUT2D eigenvalue weighted by Crippen LogP contribution is -2.18. The second kappa shape index (κ2) is 8.68. The number of carbonyl (C=O) groups is 2. The lowest BCUT2D eigenvalue weighted by atomic mass is 10.2. The molecule has 2 rings (SSSR count). The van der Waals surface area contributed by atoms with E-state index in [9.17, 15) is 9.59 Å². The number of aromatic nitrogens is 3. The fraction of sp³-hybridized carbons (Fsp3) is 0.250. The highest BCUT2D eigenvalue weighted by molar-refractivity contribution is 7.99. The zero-order valence-corrected chi connectivity index (χ0v) is 15.2. The predicted octanol–water partition coefficient (Wildman–Crippen LogP) is 2.18. The van der Waals surface area contributed by atoms with Crippen LogP contribution in [0, 0.1) is 6.92 Å². The Balaban J connectivity index is 2.09. The fourth-order valence-electron chi connectivity index (χ4n) is 2.02. The van der Waals surface area contributed by atoms with Crippen molar-refractivity contribution >= 4 is 40.9 Å². The summed E-state index contributed by atoms with van der Waals surface area (Å²) in [6.45, 7) is 5.99. The summed E-state index contributed by atoms with van der Waals surface area (Å²) < 4.78 is 1.72. The van der Waals surface area contributed by atoms with Gasteiger partial charge in [0.15, 0.2) is 5.16 Å². The smallest absolute Gasteiger partial charge is 0.232 e. The molecular weight excluding hydrogens is 362 g/mol. The third-order valence-corrected chi connectivity index (χ3v) is 4.62. The molecule has 7 nitrogen and oxygen atoms in total. The number of benzene rings is 1. The third-order valence-electron chi connectivity index (χ3n) is 3.22. The van der Waals surface area contributed by atoms with Gasteiger partial charge in [-0.2, -0.15) is 0 Å². The van der Waals surface area contributed by atoms with Gasteiger partial charge in [-0.1, -0.05) is 35.5 Å². The zero-order chi connectivity index (χ0) is 18.4. The number of hydrogen-bond donors (Lipinski definition) is 2. The Kier molecular flexibility index (Phi) is 6.60. The molecule has 1 heterocycles. The molecule has 9 heteroatoms. The molecule has 0 atom stereocenters. The van der Waals surface area contributed by atoms with E-state index in [-0.39, 0.29) is 18.1 Å². The first-order valence-corrected chi connectivity index (χ1v) is 8.77. The quantitative estimate of drug-likeness (QED) is 0.540. The average molecular weight is 380 g/mol. The molecule has 0 spiro atoms. The normalized spacial score (nSPS) is 10.5. The molecular formula is C16H18ClN5O2S. The second-order valence-corrected chi connectivity index (χ2v) is 6.59. The van der Waals surface area contributed by atoms with E-state index < -0.39 is 5.91 Å². The largest absolute Gasteiger partial charge is 0.369 e. The molecule has 2 amide bonds. The summed E-state index contributed by atoms with van der Waals surface area (Å²) in [5.41, 5.74) is 6.69. The second-order valence-electron chi connectivity index (χ2n) is 5.24. The van der Waals surface area contributed by atoms with E-state index in [2.05, 4.69) is 22.1 Å². The van der Waals surface area contributed by atoms with Crippen LogP contribution in [0.4, 0.5) is 5.69 Å². The number of primary amides is 1. The lowest BCUT2D eigenvalue weighted by molar-refractivity contribution is -0.116. The van der Waals surface area contributed by atoms with Gasteiger partial charge in [-0.3, -0.25) is 9.59 Å². The van der Waals surface area contributed by atoms with Gasteiger partial charge in [0.05, 0.1) is 12.2 Å². The average Bonchev–Trinajstić information content (AvgIpc) is 2.91. The number of thioether (sulfide) groups is 1. The molecule has 1 aromatic carbocycles. The monoisotopic (exact) mass is 379 g/mol. The number of carbonyl (C=O) groups excluding carboxylic acids is 2. The predicted molar refractivity (Wildman–Crippen MR) is 98.7 cm³/mol. The number of nitrogens with zero attached hydrogens (tertiary/aromatic N) is 3. The van der Waals surface area contributed by atoms with Gasteiger partial charge in [-0.05, 0) is 24.6 Å². The van der Waals surface area contributed by atoms with Gasteiger partial charge in [0.1, 0.15) is 5.82 Å². The van der Waals surface area contributed by atoms with Crippen LogP contribution in [0.5, 0.6) is 0 Å². The van der Waals surface area contributed by atoms with Gasteiger partial charge in [-0.15, -0.1) is 16.8 Å². The first-order valence-electron chi connectivity index (χ1n) is 7.40. The number of aryl methyl sites for hydroxylation is 1. The van der Waals surface area contributed by atoms with E-state index in [1.807, 2.05) is 13.0 Å². The van der Waals surface area contributed by atoms with Gasteiger partial charge in [0.2, 0.25) is 11.8 Å². The van der Waals surface area contributed by atoms with Crippen molar-refractivity contribution in [1.29, 1.82) is 0 Å². The molecule has 0 saturated heterocycles. The maximum Gasteiger partial charge on any atom is 0.232 e. The number of nitrogens with two attached hydrogens (primary N) is 1. The number of amides is 2. The Morgan fingerprint density at radius 3 is 2.84 bits per heavy atom. The van der Waals surface area contributed by atoms with Crippen molar-refractivity contribution in [2.75, 3.05) is 11.1 Å². The molecule has 2 aromatic rings. The summed E-state index contributed by atoms with van der Waals surface area (Å²) in [6, 6.07) is 5.30. The summed E-state index contributed by atoms with van der Waals surface area (Å²) in [7, 11) is 0. The summed E-state index contributed by atoms with van der Waals surface area (Å²) in [6.07, 6.45) is 1.70. The highest BCUT2D eigenvalue weighted by Gasteiger charge is 2.16. The van der Waals surface area contributed by atoms with Crippen molar-refractivity contribution in [1.82, 2.24) is 14.8 Å². The molecule has 1 aromatic heterocycles. The van der Waals surface area contributed by atoms with E-state index in [0.29, 0.717) is 28.2 Å². The lowest BCUT2D eigenvalue weighted by Gasteiger charge is -2.09. The Morgan fingerprint density at radius 1 is 1.44 bits per heavy atom. The molecule has 0 radical (unpaired) electrons. The van der Waals surface area contributed by atoms with E-state index in [0.717, 1.165) is 5.56 Å². The van der Waals surface area contributed by atoms with Crippen LogP contribution in [0.15, 0.2) is 36.0 Å². The van der Waals surface area contributed by atoms with Gasteiger partial charge in [0, 0.05) is 17.3 Å². The number of hydrogen-bond acceptors (Lipinski definition) is 5. The fourth-order valence-corrected chi connectivity index (χ4v) is 2.91. The van der Waals surface area contributed by atoms with Gasteiger partial charge in [-0.25, -0.2) is 0 Å². The maximum atomic E-state index is 12.3. The molecule has 0 aliphatic heterocycles. The van der Waals surface area contributed by atoms with Crippen LogP contribution in [0.2, 0.25) is 5.02 Å². The zero-order valence-electron chi connectivity index (χ0n) is 13.7. The van der Waals surface area contributed by atoms with Crippen LogP contribution >= 0.6 is 23.4 Å². The number of nitrogens with one attached hydrogen (secondary N) is 1. The topological polar surface area (TPSA) is 103 Å². The molecule has 0 saturated carbocycles. The van der Waals surface area contributed by atoms with Crippen molar-refractivity contribution in [3.05, 3.63) is 47.3 Å². The van der Waals surface area contributed by atoms with Crippen LogP contribution in [0.1, 0.15) is 11.4 Å². The molecule has 132 valence electrons. The molecule has 0 aliphatic carbocycles.